The van der Waals surface area contributed by atoms with Gasteiger partial charge in [0.2, 0.25) is 5.91 Å². The molecule has 86 valence electrons. The number of carbonyl (C=O) groups is 1. The van der Waals surface area contributed by atoms with Gasteiger partial charge in [0, 0.05) is 6.54 Å². The van der Waals surface area contributed by atoms with Gasteiger partial charge in [-0.3, -0.25) is 4.79 Å². The second-order valence-corrected chi connectivity index (χ2v) is 4.50. The third-order valence-corrected chi connectivity index (χ3v) is 3.01. The Morgan fingerprint density at radius 1 is 1.31 bits per heavy atom. The molecule has 16 heavy (non-hydrogen) atoms. The van der Waals surface area contributed by atoms with Crippen molar-refractivity contribution in [3.63, 3.8) is 0 Å². The first-order valence-corrected chi connectivity index (χ1v) is 5.82. The first-order valence-electron chi connectivity index (χ1n) is 5.82. The van der Waals surface area contributed by atoms with Crippen LogP contribution in [0.25, 0.3) is 0 Å². The van der Waals surface area contributed by atoms with Crippen LogP contribution in [-0.4, -0.2) is 18.0 Å². The summed E-state index contributed by atoms with van der Waals surface area (Å²) in [5.41, 5.74) is 6.55. The highest BCUT2D eigenvalue weighted by molar-refractivity contribution is 5.88. The molecule has 1 fully saturated rings. The van der Waals surface area contributed by atoms with Gasteiger partial charge >= 0.3 is 0 Å². The summed E-state index contributed by atoms with van der Waals surface area (Å²) in [6.45, 7) is 0.715. The van der Waals surface area contributed by atoms with E-state index in [1.807, 2.05) is 18.2 Å². The van der Waals surface area contributed by atoms with E-state index >= 15 is 0 Å². The van der Waals surface area contributed by atoms with Gasteiger partial charge in [0.15, 0.2) is 0 Å². The monoisotopic (exact) mass is 218 g/mol. The van der Waals surface area contributed by atoms with Crippen molar-refractivity contribution in [2.24, 2.45) is 5.73 Å². The molecule has 3 nitrogen and oxygen atoms in total. The average Bonchev–Trinajstić information content (AvgIpc) is 3.05. The zero-order valence-electron chi connectivity index (χ0n) is 9.41. The lowest BCUT2D eigenvalue weighted by molar-refractivity contribution is -0.123. The Bertz CT molecular complexity index is 357. The molecule has 1 saturated carbocycles. The van der Waals surface area contributed by atoms with E-state index in [1.54, 1.807) is 0 Å². The van der Waals surface area contributed by atoms with E-state index in [9.17, 15) is 4.79 Å². The summed E-state index contributed by atoms with van der Waals surface area (Å²) in [6.07, 6.45) is 3.62. The van der Waals surface area contributed by atoms with E-state index in [4.69, 9.17) is 5.73 Å². The maximum absolute atomic E-state index is 11.5. The number of aryl methyl sites for hydroxylation is 1. The molecule has 0 heterocycles. The Morgan fingerprint density at radius 2 is 2.00 bits per heavy atom. The van der Waals surface area contributed by atoms with Crippen LogP contribution in [0.1, 0.15) is 24.8 Å². The van der Waals surface area contributed by atoms with Crippen molar-refractivity contribution in [3.05, 3.63) is 35.9 Å². The molecule has 0 aliphatic heterocycles. The molecular formula is C13H18N2O. The number of rotatable bonds is 5. The van der Waals surface area contributed by atoms with Crippen LogP contribution in [0.4, 0.5) is 0 Å². The highest BCUT2D eigenvalue weighted by Crippen LogP contribution is 2.31. The first-order chi connectivity index (χ1) is 7.71. The lowest BCUT2D eigenvalue weighted by Crippen LogP contribution is -2.43. The summed E-state index contributed by atoms with van der Waals surface area (Å²) >= 11 is 0. The normalized spacial score (nSPS) is 16.8. The number of carbonyl (C=O) groups excluding carboxylic acids is 1. The van der Waals surface area contributed by atoms with Crippen molar-refractivity contribution in [2.75, 3.05) is 6.54 Å². The molecule has 0 spiro atoms. The van der Waals surface area contributed by atoms with Crippen LogP contribution in [0.5, 0.6) is 0 Å². The Labute approximate surface area is 96.0 Å². The van der Waals surface area contributed by atoms with Gasteiger partial charge in [-0.15, -0.1) is 0 Å². The lowest BCUT2D eigenvalue weighted by Gasteiger charge is -2.09. The molecule has 0 saturated heterocycles. The average molecular weight is 218 g/mol. The van der Waals surface area contributed by atoms with E-state index in [1.165, 1.54) is 5.56 Å². The van der Waals surface area contributed by atoms with E-state index < -0.39 is 5.54 Å². The SMILES string of the molecule is NC1(C(=O)NCCCc2ccccc2)CC1. The van der Waals surface area contributed by atoms with Crippen molar-refractivity contribution >= 4 is 5.91 Å². The second kappa shape index (κ2) is 4.66. The third kappa shape index (κ3) is 2.83. The molecule has 0 unspecified atom stereocenters. The van der Waals surface area contributed by atoms with E-state index in [-0.39, 0.29) is 5.91 Å². The zero-order valence-corrected chi connectivity index (χ0v) is 9.41. The van der Waals surface area contributed by atoms with Crippen molar-refractivity contribution in [1.82, 2.24) is 5.32 Å². The standard InChI is InChI=1S/C13H18N2O/c14-13(8-9-13)12(16)15-10-4-7-11-5-2-1-3-6-11/h1-3,5-6H,4,7-10,14H2,(H,15,16). The largest absolute Gasteiger partial charge is 0.354 e. The summed E-state index contributed by atoms with van der Waals surface area (Å²) in [7, 11) is 0. The Balaban J connectivity index is 1.64. The smallest absolute Gasteiger partial charge is 0.240 e. The molecule has 0 radical (unpaired) electrons. The van der Waals surface area contributed by atoms with Crippen molar-refractivity contribution in [3.8, 4) is 0 Å². The van der Waals surface area contributed by atoms with Gasteiger partial charge in [-0.25, -0.2) is 0 Å². The van der Waals surface area contributed by atoms with Crippen LogP contribution in [0, 0.1) is 0 Å². The first kappa shape index (κ1) is 11.1. The Kier molecular flexibility index (Phi) is 3.25. The van der Waals surface area contributed by atoms with E-state index in [0.29, 0.717) is 6.54 Å². The number of hydrogen-bond acceptors (Lipinski definition) is 2. The molecule has 1 aromatic carbocycles. The second-order valence-electron chi connectivity index (χ2n) is 4.50. The number of benzene rings is 1. The fourth-order valence-corrected chi connectivity index (χ4v) is 1.68. The molecule has 0 aromatic heterocycles. The molecule has 3 heteroatoms. The van der Waals surface area contributed by atoms with Crippen molar-refractivity contribution < 1.29 is 4.79 Å². The van der Waals surface area contributed by atoms with Crippen LogP contribution in [0.3, 0.4) is 0 Å². The minimum atomic E-state index is -0.535. The van der Waals surface area contributed by atoms with Gasteiger partial charge in [-0.05, 0) is 31.2 Å². The third-order valence-electron chi connectivity index (χ3n) is 3.01. The van der Waals surface area contributed by atoms with Crippen molar-refractivity contribution in [1.29, 1.82) is 0 Å². The Morgan fingerprint density at radius 3 is 2.62 bits per heavy atom. The van der Waals surface area contributed by atoms with Crippen LogP contribution >= 0.6 is 0 Å². The summed E-state index contributed by atoms with van der Waals surface area (Å²) in [6, 6.07) is 10.3. The fourth-order valence-electron chi connectivity index (χ4n) is 1.68. The van der Waals surface area contributed by atoms with Crippen LogP contribution in [0.15, 0.2) is 30.3 Å². The van der Waals surface area contributed by atoms with Gasteiger partial charge in [-0.1, -0.05) is 30.3 Å². The van der Waals surface area contributed by atoms with Gasteiger partial charge in [-0.2, -0.15) is 0 Å². The maximum Gasteiger partial charge on any atom is 0.240 e. The predicted molar refractivity (Wildman–Crippen MR) is 63.9 cm³/mol. The predicted octanol–water partition coefficient (Wildman–Crippen LogP) is 1.23. The van der Waals surface area contributed by atoms with Gasteiger partial charge in [0.25, 0.3) is 0 Å². The topological polar surface area (TPSA) is 55.1 Å². The molecule has 1 aliphatic rings. The minimum absolute atomic E-state index is 0.0144. The maximum atomic E-state index is 11.5. The summed E-state index contributed by atoms with van der Waals surface area (Å²) in [5.74, 6) is 0.0144. The van der Waals surface area contributed by atoms with E-state index in [2.05, 4.69) is 17.4 Å². The molecule has 2 rings (SSSR count). The van der Waals surface area contributed by atoms with Crippen molar-refractivity contribution in [2.45, 2.75) is 31.2 Å². The summed E-state index contributed by atoms with van der Waals surface area (Å²) in [5, 5.41) is 2.89. The van der Waals surface area contributed by atoms with Gasteiger partial charge in [0.1, 0.15) is 0 Å². The van der Waals surface area contributed by atoms with Gasteiger partial charge < -0.3 is 11.1 Å². The summed E-state index contributed by atoms with van der Waals surface area (Å²) < 4.78 is 0. The highest BCUT2D eigenvalue weighted by atomic mass is 16.2. The summed E-state index contributed by atoms with van der Waals surface area (Å²) in [4.78, 5) is 11.5. The molecule has 0 bridgehead atoms. The molecular weight excluding hydrogens is 200 g/mol. The molecule has 3 N–H and O–H groups in total. The molecule has 1 aliphatic carbocycles. The number of hydrogen-bond donors (Lipinski definition) is 2. The fraction of sp³-hybridized carbons (Fsp3) is 0.462. The quantitative estimate of drug-likeness (QED) is 0.730. The van der Waals surface area contributed by atoms with Crippen LogP contribution < -0.4 is 11.1 Å². The number of nitrogens with two attached hydrogens (primary N) is 1. The molecule has 0 atom stereocenters. The minimum Gasteiger partial charge on any atom is -0.354 e. The Hall–Kier alpha value is -1.35. The molecule has 1 amide bonds. The van der Waals surface area contributed by atoms with Gasteiger partial charge in [0.05, 0.1) is 5.54 Å². The van der Waals surface area contributed by atoms with E-state index in [0.717, 1.165) is 25.7 Å². The number of nitrogens with one attached hydrogen (secondary N) is 1. The number of amides is 1. The van der Waals surface area contributed by atoms with Crippen LogP contribution in [0.2, 0.25) is 0 Å². The highest BCUT2D eigenvalue weighted by Gasteiger charge is 2.45. The van der Waals surface area contributed by atoms with Crippen LogP contribution in [-0.2, 0) is 11.2 Å². The molecule has 1 aromatic rings. The zero-order chi connectivity index (χ0) is 11.4. The lowest BCUT2D eigenvalue weighted by atomic mass is 10.1.